The summed E-state index contributed by atoms with van der Waals surface area (Å²) in [6.07, 6.45) is 6.52. The summed E-state index contributed by atoms with van der Waals surface area (Å²) >= 11 is 6.43. The number of piperidine rings is 1. The molecule has 0 saturated carbocycles. The molecule has 116 valence electrons. The van der Waals surface area contributed by atoms with Gasteiger partial charge in [-0.15, -0.1) is 0 Å². The third kappa shape index (κ3) is 3.28. The molecule has 0 spiro atoms. The zero-order valence-corrected chi connectivity index (χ0v) is 13.9. The maximum Gasteiger partial charge on any atom is 0.0453 e. The monoisotopic (exact) mass is 306 g/mol. The average molecular weight is 307 g/mol. The Hall–Kier alpha value is -0.570. The highest BCUT2D eigenvalue weighted by molar-refractivity contribution is 6.31. The Bertz CT molecular complexity index is 464. The molecule has 2 aliphatic rings. The van der Waals surface area contributed by atoms with Crippen LogP contribution in [-0.2, 0) is 0 Å². The van der Waals surface area contributed by atoms with Crippen molar-refractivity contribution in [2.75, 3.05) is 6.54 Å². The van der Waals surface area contributed by atoms with Gasteiger partial charge in [0.05, 0.1) is 0 Å². The van der Waals surface area contributed by atoms with E-state index in [1.54, 1.807) is 0 Å². The lowest BCUT2D eigenvalue weighted by Gasteiger charge is -2.41. The molecule has 1 N–H and O–H groups in total. The number of halogens is 1. The number of nitrogens with one attached hydrogen (secondary N) is 1. The number of benzene rings is 1. The normalized spacial score (nSPS) is 29.8. The molecule has 0 amide bonds. The van der Waals surface area contributed by atoms with Crippen LogP contribution in [0.25, 0.3) is 0 Å². The van der Waals surface area contributed by atoms with Crippen molar-refractivity contribution < 1.29 is 0 Å². The second-order valence-electron chi connectivity index (χ2n) is 6.70. The lowest BCUT2D eigenvalue weighted by molar-refractivity contribution is 0.101. The highest BCUT2D eigenvalue weighted by atomic mass is 35.5. The SMILES string of the molecule is CCCN(C1CC2CCC(C1)N2)C(C)c1ccccc1Cl. The van der Waals surface area contributed by atoms with Crippen molar-refractivity contribution >= 4 is 11.6 Å². The van der Waals surface area contributed by atoms with Gasteiger partial charge in [0.2, 0.25) is 0 Å². The average Bonchev–Trinajstić information content (AvgIpc) is 2.83. The van der Waals surface area contributed by atoms with Crippen molar-refractivity contribution in [1.82, 2.24) is 10.2 Å². The zero-order valence-electron chi connectivity index (χ0n) is 13.2. The van der Waals surface area contributed by atoms with E-state index in [0.717, 1.165) is 23.7 Å². The lowest BCUT2D eigenvalue weighted by atomic mass is 9.95. The minimum atomic E-state index is 0.404. The molecule has 2 aliphatic heterocycles. The maximum atomic E-state index is 6.43. The van der Waals surface area contributed by atoms with Crippen molar-refractivity contribution in [3.63, 3.8) is 0 Å². The summed E-state index contributed by atoms with van der Waals surface area (Å²) in [5, 5.41) is 4.66. The van der Waals surface area contributed by atoms with E-state index in [0.29, 0.717) is 12.1 Å². The summed E-state index contributed by atoms with van der Waals surface area (Å²) in [6, 6.07) is 10.9. The number of hydrogen-bond donors (Lipinski definition) is 1. The van der Waals surface area contributed by atoms with Crippen molar-refractivity contribution in [2.24, 2.45) is 0 Å². The molecule has 2 nitrogen and oxygen atoms in total. The van der Waals surface area contributed by atoms with E-state index in [4.69, 9.17) is 11.6 Å². The van der Waals surface area contributed by atoms with Gasteiger partial charge in [-0.1, -0.05) is 36.7 Å². The number of nitrogens with zero attached hydrogens (tertiary/aromatic N) is 1. The van der Waals surface area contributed by atoms with Crippen LogP contribution >= 0.6 is 11.6 Å². The first kappa shape index (κ1) is 15.3. The summed E-state index contributed by atoms with van der Waals surface area (Å²) < 4.78 is 0. The number of fused-ring (bicyclic) bond motifs is 2. The fraction of sp³-hybridized carbons (Fsp3) is 0.667. The van der Waals surface area contributed by atoms with Gasteiger partial charge in [0.25, 0.3) is 0 Å². The highest BCUT2D eigenvalue weighted by Crippen LogP contribution is 2.35. The van der Waals surface area contributed by atoms with Crippen LogP contribution in [-0.4, -0.2) is 29.6 Å². The molecule has 1 aromatic rings. The summed E-state index contributed by atoms with van der Waals surface area (Å²) in [4.78, 5) is 2.70. The molecule has 2 fully saturated rings. The summed E-state index contributed by atoms with van der Waals surface area (Å²) in [6.45, 7) is 5.76. The van der Waals surface area contributed by atoms with E-state index in [9.17, 15) is 0 Å². The molecule has 2 heterocycles. The summed E-state index contributed by atoms with van der Waals surface area (Å²) in [7, 11) is 0. The fourth-order valence-electron chi connectivity index (χ4n) is 4.24. The topological polar surface area (TPSA) is 15.3 Å². The van der Waals surface area contributed by atoms with Gasteiger partial charge in [-0.3, -0.25) is 4.90 Å². The van der Waals surface area contributed by atoms with Crippen LogP contribution in [0.2, 0.25) is 5.02 Å². The maximum absolute atomic E-state index is 6.43. The van der Waals surface area contributed by atoms with Crippen molar-refractivity contribution in [3.05, 3.63) is 34.9 Å². The van der Waals surface area contributed by atoms with Crippen LogP contribution in [0.4, 0.5) is 0 Å². The van der Waals surface area contributed by atoms with Crippen molar-refractivity contribution in [3.8, 4) is 0 Å². The third-order valence-electron chi connectivity index (χ3n) is 5.25. The van der Waals surface area contributed by atoms with Crippen molar-refractivity contribution in [1.29, 1.82) is 0 Å². The van der Waals surface area contributed by atoms with Gasteiger partial charge in [0, 0.05) is 29.2 Å². The summed E-state index contributed by atoms with van der Waals surface area (Å²) in [5.74, 6) is 0. The summed E-state index contributed by atoms with van der Waals surface area (Å²) in [5.41, 5.74) is 1.28. The van der Waals surface area contributed by atoms with E-state index in [-0.39, 0.29) is 0 Å². The standard InChI is InChI=1S/C18H27ClN2/c1-3-10-21(13(2)17-6-4-5-7-18(17)19)16-11-14-8-9-15(12-16)20-14/h4-7,13-16,20H,3,8-12H2,1-2H3. The Labute approximate surface area is 133 Å². The minimum Gasteiger partial charge on any atom is -0.311 e. The Balaban J connectivity index is 1.79. The van der Waals surface area contributed by atoms with E-state index in [1.165, 1.54) is 37.7 Å². The largest absolute Gasteiger partial charge is 0.311 e. The molecular weight excluding hydrogens is 280 g/mol. The molecule has 1 aromatic carbocycles. The first-order chi connectivity index (χ1) is 10.2. The molecule has 3 unspecified atom stereocenters. The molecule has 0 aromatic heterocycles. The van der Waals surface area contributed by atoms with Gasteiger partial charge >= 0.3 is 0 Å². The smallest absolute Gasteiger partial charge is 0.0453 e. The van der Waals surface area contributed by atoms with Gasteiger partial charge in [0.1, 0.15) is 0 Å². The zero-order chi connectivity index (χ0) is 14.8. The van der Waals surface area contributed by atoms with Gasteiger partial charge < -0.3 is 5.32 Å². The molecule has 3 rings (SSSR count). The van der Waals surface area contributed by atoms with Crippen LogP contribution in [0.15, 0.2) is 24.3 Å². The predicted octanol–water partition coefficient (Wildman–Crippen LogP) is 4.40. The number of rotatable bonds is 5. The van der Waals surface area contributed by atoms with Gasteiger partial charge in [-0.05, 0) is 57.2 Å². The molecule has 2 bridgehead atoms. The molecule has 0 aliphatic carbocycles. The van der Waals surface area contributed by atoms with E-state index in [1.807, 2.05) is 12.1 Å². The van der Waals surface area contributed by atoms with E-state index >= 15 is 0 Å². The second-order valence-corrected chi connectivity index (χ2v) is 7.11. The number of hydrogen-bond acceptors (Lipinski definition) is 2. The molecule has 21 heavy (non-hydrogen) atoms. The van der Waals surface area contributed by atoms with Crippen LogP contribution in [0, 0.1) is 0 Å². The quantitative estimate of drug-likeness (QED) is 0.867. The lowest BCUT2D eigenvalue weighted by Crippen LogP contribution is -2.49. The Kier molecular flexibility index (Phi) is 4.88. The first-order valence-corrected chi connectivity index (χ1v) is 8.83. The Morgan fingerprint density at radius 2 is 1.90 bits per heavy atom. The molecular formula is C18H27ClN2. The highest BCUT2D eigenvalue weighted by Gasteiger charge is 2.37. The van der Waals surface area contributed by atoms with Gasteiger partial charge in [0.15, 0.2) is 0 Å². The van der Waals surface area contributed by atoms with E-state index in [2.05, 4.69) is 36.2 Å². The first-order valence-electron chi connectivity index (χ1n) is 8.45. The fourth-order valence-corrected chi connectivity index (χ4v) is 4.53. The predicted molar refractivity (Wildman–Crippen MR) is 89.8 cm³/mol. The molecule has 3 heteroatoms. The minimum absolute atomic E-state index is 0.404. The Morgan fingerprint density at radius 3 is 2.52 bits per heavy atom. The molecule has 0 radical (unpaired) electrons. The molecule has 2 saturated heterocycles. The third-order valence-corrected chi connectivity index (χ3v) is 5.60. The van der Waals surface area contributed by atoms with Crippen LogP contribution in [0.1, 0.15) is 57.6 Å². The van der Waals surface area contributed by atoms with Gasteiger partial charge in [-0.2, -0.15) is 0 Å². The van der Waals surface area contributed by atoms with Gasteiger partial charge in [-0.25, -0.2) is 0 Å². The Morgan fingerprint density at radius 1 is 1.24 bits per heavy atom. The second kappa shape index (κ2) is 6.68. The van der Waals surface area contributed by atoms with Crippen LogP contribution < -0.4 is 5.32 Å². The van der Waals surface area contributed by atoms with E-state index < -0.39 is 0 Å². The van der Waals surface area contributed by atoms with Crippen LogP contribution in [0.3, 0.4) is 0 Å². The molecule has 3 atom stereocenters. The van der Waals surface area contributed by atoms with Crippen LogP contribution in [0.5, 0.6) is 0 Å². The van der Waals surface area contributed by atoms with Crippen molar-refractivity contribution in [2.45, 2.75) is 70.1 Å².